The summed E-state index contributed by atoms with van der Waals surface area (Å²) >= 11 is 1.73. The number of aromatic nitrogens is 1. The Bertz CT molecular complexity index is 741. The summed E-state index contributed by atoms with van der Waals surface area (Å²) in [4.78, 5) is 8.53. The summed E-state index contributed by atoms with van der Waals surface area (Å²) in [5.74, 6) is 0. The van der Waals surface area contributed by atoms with Gasteiger partial charge in [0, 0.05) is 37.3 Å². The number of hydrogen-bond donors (Lipinski definition) is 0. The van der Waals surface area contributed by atoms with Crippen molar-refractivity contribution in [3.8, 4) is 0 Å². The number of thiazole rings is 1. The lowest BCUT2D eigenvalue weighted by molar-refractivity contribution is 0.0369. The first-order valence-electron chi connectivity index (χ1n) is 8.71. The molecule has 2 aromatic rings. The van der Waals surface area contributed by atoms with Gasteiger partial charge in [0.2, 0.25) is 0 Å². The molecule has 0 radical (unpaired) electrons. The molecule has 0 N–H and O–H groups in total. The Labute approximate surface area is 148 Å². The van der Waals surface area contributed by atoms with Crippen molar-refractivity contribution < 1.29 is 4.74 Å². The third-order valence-corrected chi connectivity index (χ3v) is 5.72. The zero-order valence-corrected chi connectivity index (χ0v) is 15.7. The molecule has 1 fully saturated rings. The minimum absolute atomic E-state index is 0.873. The molecule has 0 bridgehead atoms. The summed E-state index contributed by atoms with van der Waals surface area (Å²) in [6.07, 6.45) is 1.15. The second-order valence-corrected chi connectivity index (χ2v) is 7.29. The van der Waals surface area contributed by atoms with Gasteiger partial charge in [0.25, 0.3) is 0 Å². The molecule has 3 rings (SSSR count). The molecule has 24 heavy (non-hydrogen) atoms. The quantitative estimate of drug-likeness (QED) is 0.831. The molecular weight excluding hydrogens is 318 g/mol. The van der Waals surface area contributed by atoms with Crippen molar-refractivity contribution in [1.29, 1.82) is 0 Å². The van der Waals surface area contributed by atoms with Gasteiger partial charge in [-0.15, -0.1) is 11.3 Å². The topological polar surface area (TPSA) is 29.8 Å². The van der Waals surface area contributed by atoms with Crippen LogP contribution >= 0.6 is 11.3 Å². The van der Waals surface area contributed by atoms with Crippen molar-refractivity contribution in [2.75, 3.05) is 32.8 Å². The van der Waals surface area contributed by atoms with E-state index in [0.717, 1.165) is 56.3 Å². The smallest absolute Gasteiger partial charge is 0.190 e. The fourth-order valence-electron chi connectivity index (χ4n) is 3.01. The van der Waals surface area contributed by atoms with Crippen LogP contribution in [-0.2, 0) is 11.3 Å². The number of benzene rings is 1. The molecular formula is C19H27N3OS. The summed E-state index contributed by atoms with van der Waals surface area (Å²) in [5, 5.41) is 2.21. The van der Waals surface area contributed by atoms with E-state index in [2.05, 4.69) is 53.8 Å². The van der Waals surface area contributed by atoms with Crippen molar-refractivity contribution in [3.63, 3.8) is 0 Å². The van der Waals surface area contributed by atoms with Crippen molar-refractivity contribution in [2.24, 2.45) is 4.99 Å². The van der Waals surface area contributed by atoms with Gasteiger partial charge in [0.05, 0.1) is 18.9 Å². The van der Waals surface area contributed by atoms with Gasteiger partial charge in [-0.1, -0.05) is 12.1 Å². The summed E-state index contributed by atoms with van der Waals surface area (Å²) in [7, 11) is 0. The third kappa shape index (κ3) is 4.15. The van der Waals surface area contributed by atoms with Gasteiger partial charge in [-0.05, 0) is 44.4 Å². The first kappa shape index (κ1) is 17.4. The fraction of sp³-hybridized carbons (Fsp3) is 0.526. The van der Waals surface area contributed by atoms with Crippen molar-refractivity contribution in [3.05, 3.63) is 45.2 Å². The SMILES string of the molecule is Cc1cccc(N=c2scc(C)n2CCCN2CCOCC2)c1C. The third-order valence-electron chi connectivity index (χ3n) is 4.74. The molecule has 1 aromatic carbocycles. The summed E-state index contributed by atoms with van der Waals surface area (Å²) in [6.45, 7) is 12.5. The number of hydrogen-bond acceptors (Lipinski definition) is 4. The van der Waals surface area contributed by atoms with Crippen molar-refractivity contribution in [1.82, 2.24) is 9.47 Å². The summed E-state index contributed by atoms with van der Waals surface area (Å²) in [5.41, 5.74) is 4.94. The lowest BCUT2D eigenvalue weighted by Gasteiger charge is -2.26. The Balaban J connectivity index is 1.73. The van der Waals surface area contributed by atoms with Crippen LogP contribution in [-0.4, -0.2) is 42.3 Å². The number of morpholine rings is 1. The highest BCUT2D eigenvalue weighted by molar-refractivity contribution is 7.07. The molecule has 0 unspecified atom stereocenters. The van der Waals surface area contributed by atoms with Gasteiger partial charge in [0.15, 0.2) is 4.80 Å². The Morgan fingerprint density at radius 1 is 1.12 bits per heavy atom. The van der Waals surface area contributed by atoms with E-state index < -0.39 is 0 Å². The van der Waals surface area contributed by atoms with Gasteiger partial charge in [-0.3, -0.25) is 4.90 Å². The van der Waals surface area contributed by atoms with Gasteiger partial charge in [-0.2, -0.15) is 0 Å². The van der Waals surface area contributed by atoms with E-state index in [9.17, 15) is 0 Å². The van der Waals surface area contributed by atoms with Gasteiger partial charge in [0.1, 0.15) is 0 Å². The molecule has 130 valence electrons. The standard InChI is InChI=1S/C19H27N3OS/c1-15-6-4-7-18(17(15)3)20-19-22(16(2)14-24-19)9-5-8-21-10-12-23-13-11-21/h4,6-7,14H,5,8-13H2,1-3H3. The molecule has 1 aliphatic heterocycles. The molecule has 1 aliphatic rings. The zero-order valence-electron chi connectivity index (χ0n) is 14.9. The van der Waals surface area contributed by atoms with Gasteiger partial charge < -0.3 is 9.30 Å². The predicted molar refractivity (Wildman–Crippen MR) is 100 cm³/mol. The number of aryl methyl sites for hydroxylation is 2. The number of rotatable bonds is 5. The predicted octanol–water partition coefficient (Wildman–Crippen LogP) is 3.43. The number of nitrogens with zero attached hydrogens (tertiary/aromatic N) is 3. The molecule has 0 saturated carbocycles. The highest BCUT2D eigenvalue weighted by Crippen LogP contribution is 2.20. The molecule has 4 nitrogen and oxygen atoms in total. The molecule has 0 amide bonds. The lowest BCUT2D eigenvalue weighted by atomic mass is 10.1. The van der Waals surface area contributed by atoms with E-state index in [4.69, 9.17) is 9.73 Å². The highest BCUT2D eigenvalue weighted by atomic mass is 32.1. The minimum Gasteiger partial charge on any atom is -0.379 e. The van der Waals surface area contributed by atoms with Crippen LogP contribution < -0.4 is 4.80 Å². The maximum absolute atomic E-state index is 5.42. The van der Waals surface area contributed by atoms with Crippen LogP contribution in [0, 0.1) is 20.8 Å². The minimum atomic E-state index is 0.873. The summed E-state index contributed by atoms with van der Waals surface area (Å²) in [6, 6.07) is 6.34. The Morgan fingerprint density at radius 2 is 1.92 bits per heavy atom. The number of ether oxygens (including phenoxy) is 1. The molecule has 0 aliphatic carbocycles. The van der Waals surface area contributed by atoms with Gasteiger partial charge >= 0.3 is 0 Å². The molecule has 2 heterocycles. The monoisotopic (exact) mass is 345 g/mol. The first-order chi connectivity index (χ1) is 11.6. The van der Waals surface area contributed by atoms with Crippen LogP contribution in [0.25, 0.3) is 0 Å². The fourth-order valence-corrected chi connectivity index (χ4v) is 3.93. The van der Waals surface area contributed by atoms with Crippen LogP contribution in [0.2, 0.25) is 0 Å². The van der Waals surface area contributed by atoms with E-state index in [0.29, 0.717) is 0 Å². The second-order valence-electron chi connectivity index (χ2n) is 6.45. The van der Waals surface area contributed by atoms with E-state index >= 15 is 0 Å². The van der Waals surface area contributed by atoms with Crippen LogP contribution in [0.1, 0.15) is 23.2 Å². The Morgan fingerprint density at radius 3 is 2.71 bits per heavy atom. The highest BCUT2D eigenvalue weighted by Gasteiger charge is 2.10. The van der Waals surface area contributed by atoms with Crippen LogP contribution in [0.4, 0.5) is 5.69 Å². The average molecular weight is 346 g/mol. The lowest BCUT2D eigenvalue weighted by Crippen LogP contribution is -2.37. The van der Waals surface area contributed by atoms with Crippen LogP contribution in [0.5, 0.6) is 0 Å². The van der Waals surface area contributed by atoms with E-state index in [1.807, 2.05) is 0 Å². The largest absolute Gasteiger partial charge is 0.379 e. The molecule has 0 spiro atoms. The maximum atomic E-state index is 5.42. The Kier molecular flexibility index (Phi) is 5.87. The molecule has 1 aromatic heterocycles. The van der Waals surface area contributed by atoms with Crippen molar-refractivity contribution in [2.45, 2.75) is 33.7 Å². The molecule has 1 saturated heterocycles. The van der Waals surface area contributed by atoms with E-state index in [1.165, 1.54) is 16.8 Å². The maximum Gasteiger partial charge on any atom is 0.190 e. The van der Waals surface area contributed by atoms with Crippen LogP contribution in [0.3, 0.4) is 0 Å². The average Bonchev–Trinajstić information content (AvgIpc) is 2.93. The summed E-state index contributed by atoms with van der Waals surface area (Å²) < 4.78 is 7.77. The van der Waals surface area contributed by atoms with E-state index in [1.54, 1.807) is 11.3 Å². The second kappa shape index (κ2) is 8.10. The normalized spacial score (nSPS) is 16.7. The zero-order chi connectivity index (χ0) is 16.9. The van der Waals surface area contributed by atoms with Crippen molar-refractivity contribution >= 4 is 17.0 Å². The van der Waals surface area contributed by atoms with Crippen LogP contribution in [0.15, 0.2) is 28.6 Å². The molecule has 5 heteroatoms. The first-order valence-corrected chi connectivity index (χ1v) is 9.59. The molecule has 0 atom stereocenters. The van der Waals surface area contributed by atoms with Gasteiger partial charge in [-0.25, -0.2) is 4.99 Å². The Hall–Kier alpha value is -1.43. The van der Waals surface area contributed by atoms with E-state index in [-0.39, 0.29) is 0 Å².